The van der Waals surface area contributed by atoms with Crippen molar-refractivity contribution in [3.8, 4) is 0 Å². The first-order valence-electron chi connectivity index (χ1n) is 4.24. The van der Waals surface area contributed by atoms with Gasteiger partial charge in [-0.1, -0.05) is 6.92 Å². The third kappa shape index (κ3) is 1.82. The van der Waals surface area contributed by atoms with Gasteiger partial charge >= 0.3 is 5.97 Å². The molecule has 0 spiro atoms. The number of carboxylic acid groups (broad SMARTS) is 1. The van der Waals surface area contributed by atoms with E-state index in [0.29, 0.717) is 6.42 Å². The molecule has 1 saturated heterocycles. The van der Waals surface area contributed by atoms with E-state index in [1.54, 1.807) is 6.92 Å². The summed E-state index contributed by atoms with van der Waals surface area (Å²) in [5.74, 6) is -2.20. The zero-order valence-electron chi connectivity index (χ0n) is 7.69. The Bertz CT molecular complexity index is 203. The summed E-state index contributed by atoms with van der Waals surface area (Å²) in [5.41, 5.74) is 0. The predicted octanol–water partition coefficient (Wildman–Crippen LogP) is -0.0265. The first-order valence-corrected chi connectivity index (χ1v) is 4.24. The van der Waals surface area contributed by atoms with Crippen LogP contribution in [0.1, 0.15) is 20.3 Å². The van der Waals surface area contributed by atoms with Gasteiger partial charge in [0.25, 0.3) is 0 Å². The van der Waals surface area contributed by atoms with Crippen LogP contribution < -0.4 is 0 Å². The highest BCUT2D eigenvalue weighted by molar-refractivity contribution is 5.72. The summed E-state index contributed by atoms with van der Waals surface area (Å²) in [5, 5.41) is 18.0. The van der Waals surface area contributed by atoms with Gasteiger partial charge in [0.05, 0.1) is 6.61 Å². The lowest BCUT2D eigenvalue weighted by Gasteiger charge is -2.28. The molecule has 5 heteroatoms. The van der Waals surface area contributed by atoms with E-state index in [4.69, 9.17) is 14.6 Å². The van der Waals surface area contributed by atoms with Crippen LogP contribution >= 0.6 is 0 Å². The molecule has 2 N–H and O–H groups in total. The van der Waals surface area contributed by atoms with Crippen molar-refractivity contribution in [1.29, 1.82) is 0 Å². The molecule has 3 atom stereocenters. The van der Waals surface area contributed by atoms with Crippen LogP contribution in [-0.2, 0) is 14.3 Å². The molecular formula is C8H14O5. The van der Waals surface area contributed by atoms with E-state index < -0.39 is 24.0 Å². The van der Waals surface area contributed by atoms with Crippen LogP contribution in [0.3, 0.4) is 0 Å². The van der Waals surface area contributed by atoms with Crippen molar-refractivity contribution < 1.29 is 24.5 Å². The van der Waals surface area contributed by atoms with Gasteiger partial charge < -0.3 is 19.7 Å². The number of aliphatic carboxylic acids is 1. The number of carbonyl (C=O) groups is 1. The minimum absolute atomic E-state index is 0.00588. The van der Waals surface area contributed by atoms with Crippen LogP contribution in [0.25, 0.3) is 0 Å². The second kappa shape index (κ2) is 3.61. The van der Waals surface area contributed by atoms with E-state index >= 15 is 0 Å². The van der Waals surface area contributed by atoms with Crippen molar-refractivity contribution >= 4 is 5.97 Å². The average Bonchev–Trinajstić information content (AvgIpc) is 2.49. The Hall–Kier alpha value is -0.650. The van der Waals surface area contributed by atoms with Crippen LogP contribution in [0, 0.1) is 0 Å². The van der Waals surface area contributed by atoms with Crippen molar-refractivity contribution in [2.75, 3.05) is 6.61 Å². The van der Waals surface area contributed by atoms with Gasteiger partial charge in [0.15, 0.2) is 11.9 Å². The summed E-state index contributed by atoms with van der Waals surface area (Å²) in [4.78, 5) is 10.5. The number of hydrogen-bond acceptors (Lipinski definition) is 4. The smallest absolute Gasteiger partial charge is 0.335 e. The summed E-state index contributed by atoms with van der Waals surface area (Å²) in [7, 11) is 0. The van der Waals surface area contributed by atoms with Crippen molar-refractivity contribution in [3.63, 3.8) is 0 Å². The molecule has 0 bridgehead atoms. The van der Waals surface area contributed by atoms with Crippen LogP contribution in [-0.4, -0.2) is 40.8 Å². The molecule has 0 aliphatic carbocycles. The highest BCUT2D eigenvalue weighted by Gasteiger charge is 2.46. The average molecular weight is 190 g/mol. The maximum absolute atomic E-state index is 10.5. The van der Waals surface area contributed by atoms with Crippen molar-refractivity contribution in [2.24, 2.45) is 0 Å². The molecule has 1 aliphatic heterocycles. The molecule has 1 aliphatic rings. The van der Waals surface area contributed by atoms with Gasteiger partial charge in [0, 0.05) is 6.42 Å². The summed E-state index contributed by atoms with van der Waals surface area (Å²) < 4.78 is 10.3. The summed E-state index contributed by atoms with van der Waals surface area (Å²) in [6, 6.07) is 0. The molecule has 0 aromatic rings. The fraction of sp³-hybridized carbons (Fsp3) is 0.875. The molecule has 0 amide bonds. The molecule has 1 rings (SSSR count). The maximum Gasteiger partial charge on any atom is 0.335 e. The molecule has 1 heterocycles. The van der Waals surface area contributed by atoms with Gasteiger partial charge in [-0.25, -0.2) is 4.79 Å². The number of hydrogen-bond donors (Lipinski definition) is 2. The standard InChI is InChI=1S/C8H14O5/c1-3-8(5(2)9)12-4-6(13-8)7(10)11/h5-6,9H,3-4H2,1-2H3,(H,10,11)/t5?,6-,8-/m1/s1. The molecule has 5 nitrogen and oxygen atoms in total. The molecular weight excluding hydrogens is 176 g/mol. The Labute approximate surface area is 76.3 Å². The lowest BCUT2D eigenvalue weighted by molar-refractivity contribution is -0.226. The Balaban J connectivity index is 2.68. The summed E-state index contributed by atoms with van der Waals surface area (Å²) in [6.45, 7) is 3.29. The molecule has 76 valence electrons. The van der Waals surface area contributed by atoms with E-state index in [1.807, 2.05) is 0 Å². The minimum atomic E-state index is -1.14. The number of aliphatic hydroxyl groups is 1. The highest BCUT2D eigenvalue weighted by Crippen LogP contribution is 2.30. The zero-order chi connectivity index (χ0) is 10.1. The topological polar surface area (TPSA) is 76.0 Å². The van der Waals surface area contributed by atoms with E-state index in [9.17, 15) is 9.90 Å². The maximum atomic E-state index is 10.5. The van der Waals surface area contributed by atoms with Gasteiger partial charge in [-0.2, -0.15) is 0 Å². The number of carboxylic acids is 1. The fourth-order valence-corrected chi connectivity index (χ4v) is 1.35. The molecule has 0 saturated carbocycles. The SMILES string of the molecule is CC[C@@]1(C(C)O)OC[C@H](C(=O)O)O1. The summed E-state index contributed by atoms with van der Waals surface area (Å²) in [6.07, 6.45) is -1.37. The van der Waals surface area contributed by atoms with Gasteiger partial charge in [-0.05, 0) is 6.92 Å². The van der Waals surface area contributed by atoms with E-state index in [-0.39, 0.29) is 6.61 Å². The second-order valence-corrected chi connectivity index (χ2v) is 3.10. The lowest BCUT2D eigenvalue weighted by Crippen LogP contribution is -2.42. The van der Waals surface area contributed by atoms with E-state index in [1.165, 1.54) is 6.92 Å². The van der Waals surface area contributed by atoms with Gasteiger partial charge in [0.1, 0.15) is 6.10 Å². The van der Waals surface area contributed by atoms with E-state index in [0.717, 1.165) is 0 Å². The van der Waals surface area contributed by atoms with E-state index in [2.05, 4.69) is 0 Å². The monoisotopic (exact) mass is 190 g/mol. The number of rotatable bonds is 3. The van der Waals surface area contributed by atoms with Crippen LogP contribution in [0.5, 0.6) is 0 Å². The molecule has 1 unspecified atom stereocenters. The Kier molecular flexibility index (Phi) is 2.90. The van der Waals surface area contributed by atoms with Crippen LogP contribution in [0.15, 0.2) is 0 Å². The lowest BCUT2D eigenvalue weighted by atomic mass is 10.1. The molecule has 0 aromatic carbocycles. The Morgan fingerprint density at radius 1 is 1.77 bits per heavy atom. The molecule has 0 radical (unpaired) electrons. The Morgan fingerprint density at radius 2 is 2.38 bits per heavy atom. The second-order valence-electron chi connectivity index (χ2n) is 3.10. The molecule has 0 aromatic heterocycles. The fourth-order valence-electron chi connectivity index (χ4n) is 1.35. The third-order valence-corrected chi connectivity index (χ3v) is 2.23. The highest BCUT2D eigenvalue weighted by atomic mass is 16.8. The first-order chi connectivity index (χ1) is 6.02. The molecule has 13 heavy (non-hydrogen) atoms. The first kappa shape index (κ1) is 10.4. The van der Waals surface area contributed by atoms with Crippen LogP contribution in [0.4, 0.5) is 0 Å². The Morgan fingerprint density at radius 3 is 2.62 bits per heavy atom. The minimum Gasteiger partial charge on any atom is -0.479 e. The third-order valence-electron chi connectivity index (χ3n) is 2.23. The number of aliphatic hydroxyl groups excluding tert-OH is 1. The predicted molar refractivity (Wildman–Crippen MR) is 43.2 cm³/mol. The normalized spacial score (nSPS) is 36.1. The van der Waals surface area contributed by atoms with Crippen molar-refractivity contribution in [1.82, 2.24) is 0 Å². The number of ether oxygens (including phenoxy) is 2. The largest absolute Gasteiger partial charge is 0.479 e. The molecule has 1 fully saturated rings. The van der Waals surface area contributed by atoms with Crippen LogP contribution in [0.2, 0.25) is 0 Å². The quantitative estimate of drug-likeness (QED) is 0.653. The van der Waals surface area contributed by atoms with Gasteiger partial charge in [-0.3, -0.25) is 0 Å². The van der Waals surface area contributed by atoms with Gasteiger partial charge in [0.2, 0.25) is 0 Å². The van der Waals surface area contributed by atoms with Gasteiger partial charge in [-0.15, -0.1) is 0 Å². The van der Waals surface area contributed by atoms with Crippen molar-refractivity contribution in [2.45, 2.75) is 38.3 Å². The zero-order valence-corrected chi connectivity index (χ0v) is 7.69. The van der Waals surface area contributed by atoms with Crippen molar-refractivity contribution in [3.05, 3.63) is 0 Å². The summed E-state index contributed by atoms with van der Waals surface area (Å²) >= 11 is 0.